The lowest BCUT2D eigenvalue weighted by Crippen LogP contribution is -2.22. The Morgan fingerprint density at radius 2 is 2.11 bits per heavy atom. The Labute approximate surface area is 115 Å². The van der Waals surface area contributed by atoms with E-state index in [0.717, 1.165) is 5.75 Å². The van der Waals surface area contributed by atoms with E-state index in [1.807, 2.05) is 26.0 Å². The zero-order valence-electron chi connectivity index (χ0n) is 10.4. The van der Waals surface area contributed by atoms with Crippen LogP contribution >= 0.6 is 23.1 Å². The molecule has 1 aromatic heterocycles. The lowest BCUT2D eigenvalue weighted by molar-refractivity contribution is -0.137. The summed E-state index contributed by atoms with van der Waals surface area (Å²) in [5.74, 6) is 0.200. The molecule has 0 bridgehead atoms. The molecule has 0 aliphatic heterocycles. The topological polar surface area (TPSA) is 37.3 Å². The average Bonchev–Trinajstić information content (AvgIpc) is 2.72. The van der Waals surface area contributed by atoms with Crippen molar-refractivity contribution in [2.24, 2.45) is 5.92 Å². The van der Waals surface area contributed by atoms with Gasteiger partial charge in [0, 0.05) is 10.5 Å². The van der Waals surface area contributed by atoms with Gasteiger partial charge in [0.15, 0.2) is 0 Å². The van der Waals surface area contributed by atoms with Crippen LogP contribution in [0.3, 0.4) is 0 Å². The molecule has 18 heavy (non-hydrogen) atoms. The minimum absolute atomic E-state index is 0.150. The van der Waals surface area contributed by atoms with Crippen molar-refractivity contribution in [2.75, 3.05) is 0 Å². The van der Waals surface area contributed by atoms with Gasteiger partial charge in [0.2, 0.25) is 0 Å². The van der Waals surface area contributed by atoms with Gasteiger partial charge in [-0.15, -0.1) is 23.1 Å². The zero-order chi connectivity index (χ0) is 13.1. The molecule has 0 aliphatic carbocycles. The van der Waals surface area contributed by atoms with Gasteiger partial charge in [-0.05, 0) is 28.3 Å². The van der Waals surface area contributed by atoms with Crippen LogP contribution in [-0.4, -0.2) is 16.3 Å². The van der Waals surface area contributed by atoms with E-state index in [1.54, 1.807) is 11.3 Å². The fourth-order valence-corrected chi connectivity index (χ4v) is 4.07. The summed E-state index contributed by atoms with van der Waals surface area (Å²) in [6.07, 6.45) is 0. The Bertz CT molecular complexity index is 545. The first-order valence-corrected chi connectivity index (χ1v) is 7.82. The summed E-state index contributed by atoms with van der Waals surface area (Å²) in [5, 5.41) is 12.2. The van der Waals surface area contributed by atoms with Crippen molar-refractivity contribution in [3.63, 3.8) is 0 Å². The number of thioether (sulfide) groups is 1. The van der Waals surface area contributed by atoms with Gasteiger partial charge in [-0.3, -0.25) is 4.79 Å². The molecule has 2 rings (SSSR count). The van der Waals surface area contributed by atoms with Gasteiger partial charge in [0.1, 0.15) is 5.25 Å². The third-order valence-electron chi connectivity index (χ3n) is 2.83. The first-order chi connectivity index (χ1) is 8.59. The predicted molar refractivity (Wildman–Crippen MR) is 79.4 cm³/mol. The Balaban J connectivity index is 2.12. The first-order valence-electron chi connectivity index (χ1n) is 5.89. The van der Waals surface area contributed by atoms with Crippen LogP contribution in [0.15, 0.2) is 29.6 Å². The van der Waals surface area contributed by atoms with E-state index in [0.29, 0.717) is 0 Å². The number of rotatable bonds is 5. The summed E-state index contributed by atoms with van der Waals surface area (Å²) < 4.78 is 1.27. The van der Waals surface area contributed by atoms with Gasteiger partial charge in [-0.2, -0.15) is 0 Å². The van der Waals surface area contributed by atoms with Gasteiger partial charge in [-0.25, -0.2) is 0 Å². The second kappa shape index (κ2) is 5.76. The monoisotopic (exact) mass is 280 g/mol. The Morgan fingerprint density at radius 1 is 1.39 bits per heavy atom. The van der Waals surface area contributed by atoms with E-state index in [2.05, 4.69) is 17.5 Å². The molecule has 96 valence electrons. The lowest BCUT2D eigenvalue weighted by Gasteiger charge is -2.15. The highest BCUT2D eigenvalue weighted by atomic mass is 32.2. The number of hydrogen-bond acceptors (Lipinski definition) is 3. The summed E-state index contributed by atoms with van der Waals surface area (Å²) >= 11 is 3.24. The summed E-state index contributed by atoms with van der Waals surface area (Å²) in [6.45, 7) is 3.91. The molecule has 0 amide bonds. The summed E-state index contributed by atoms with van der Waals surface area (Å²) in [7, 11) is 0. The second-order valence-corrected chi connectivity index (χ2v) is 6.61. The van der Waals surface area contributed by atoms with Crippen molar-refractivity contribution >= 4 is 39.2 Å². The van der Waals surface area contributed by atoms with Crippen molar-refractivity contribution in [1.82, 2.24) is 0 Å². The van der Waals surface area contributed by atoms with Gasteiger partial charge in [0.25, 0.3) is 0 Å². The maximum Gasteiger partial charge on any atom is 0.316 e. The van der Waals surface area contributed by atoms with Crippen LogP contribution in [0.25, 0.3) is 10.1 Å². The fourth-order valence-electron chi connectivity index (χ4n) is 1.87. The maximum absolute atomic E-state index is 11.1. The Kier molecular flexibility index (Phi) is 4.30. The molecule has 0 aliphatic rings. The van der Waals surface area contributed by atoms with Crippen LogP contribution < -0.4 is 0 Å². The molecule has 2 nitrogen and oxygen atoms in total. The van der Waals surface area contributed by atoms with Gasteiger partial charge < -0.3 is 5.11 Å². The number of thiophene rings is 1. The van der Waals surface area contributed by atoms with Crippen LogP contribution in [0.4, 0.5) is 0 Å². The number of carboxylic acids is 1. The molecule has 4 heteroatoms. The van der Waals surface area contributed by atoms with E-state index in [4.69, 9.17) is 5.11 Å². The van der Waals surface area contributed by atoms with Crippen LogP contribution in [-0.2, 0) is 10.5 Å². The van der Waals surface area contributed by atoms with E-state index in [1.165, 1.54) is 27.4 Å². The molecule has 1 N–H and O–H groups in total. The van der Waals surface area contributed by atoms with E-state index in [-0.39, 0.29) is 11.2 Å². The molecule has 0 radical (unpaired) electrons. The minimum atomic E-state index is -0.713. The van der Waals surface area contributed by atoms with Crippen molar-refractivity contribution in [3.8, 4) is 0 Å². The second-order valence-electron chi connectivity index (χ2n) is 4.57. The predicted octanol–water partition coefficient (Wildman–Crippen LogP) is 4.24. The summed E-state index contributed by atoms with van der Waals surface area (Å²) in [6, 6.07) is 8.27. The highest BCUT2D eigenvalue weighted by Gasteiger charge is 2.22. The first kappa shape index (κ1) is 13.4. The highest BCUT2D eigenvalue weighted by Crippen LogP contribution is 2.31. The fraction of sp³-hybridized carbons (Fsp3) is 0.357. The van der Waals surface area contributed by atoms with Gasteiger partial charge in [-0.1, -0.05) is 32.0 Å². The van der Waals surface area contributed by atoms with Crippen molar-refractivity contribution in [1.29, 1.82) is 0 Å². The van der Waals surface area contributed by atoms with Crippen molar-refractivity contribution < 1.29 is 9.90 Å². The number of benzene rings is 1. The molecular weight excluding hydrogens is 264 g/mol. The number of carboxylic acid groups (broad SMARTS) is 1. The molecule has 2 aromatic rings. The molecule has 1 heterocycles. The largest absolute Gasteiger partial charge is 0.480 e. The van der Waals surface area contributed by atoms with Crippen molar-refractivity contribution in [2.45, 2.75) is 24.9 Å². The average molecular weight is 280 g/mol. The third kappa shape index (κ3) is 2.87. The summed E-state index contributed by atoms with van der Waals surface area (Å²) in [5.41, 5.74) is 1.24. The van der Waals surface area contributed by atoms with Crippen molar-refractivity contribution in [3.05, 3.63) is 35.2 Å². The van der Waals surface area contributed by atoms with E-state index >= 15 is 0 Å². The smallest absolute Gasteiger partial charge is 0.316 e. The molecule has 0 saturated heterocycles. The molecule has 1 unspecified atom stereocenters. The van der Waals surface area contributed by atoms with Crippen LogP contribution in [0.1, 0.15) is 19.4 Å². The van der Waals surface area contributed by atoms with E-state index < -0.39 is 5.97 Å². The molecule has 0 saturated carbocycles. The Hall–Kier alpha value is -1.00. The van der Waals surface area contributed by atoms with E-state index in [9.17, 15) is 4.79 Å². The summed E-state index contributed by atoms with van der Waals surface area (Å²) in [4.78, 5) is 11.1. The number of carbonyl (C=O) groups is 1. The zero-order valence-corrected chi connectivity index (χ0v) is 12.1. The Morgan fingerprint density at radius 3 is 2.78 bits per heavy atom. The molecule has 0 spiro atoms. The maximum atomic E-state index is 11.1. The standard InChI is InChI=1S/C14H16O2S2/c1-9(2)13(14(15)16)18-8-10-7-17-12-6-4-3-5-11(10)12/h3-7,9,13H,8H2,1-2H3,(H,15,16). The third-order valence-corrected chi connectivity index (χ3v) is 5.42. The quantitative estimate of drug-likeness (QED) is 0.890. The normalized spacial score (nSPS) is 13.1. The van der Waals surface area contributed by atoms with Crippen LogP contribution in [0.2, 0.25) is 0 Å². The molecule has 0 fully saturated rings. The molecule has 1 aromatic carbocycles. The molecular formula is C14H16O2S2. The number of hydrogen-bond donors (Lipinski definition) is 1. The molecule has 1 atom stereocenters. The number of fused-ring (bicyclic) bond motifs is 1. The SMILES string of the molecule is CC(C)C(SCc1csc2ccccc12)C(=O)O. The van der Waals surface area contributed by atoms with Gasteiger partial charge in [0.05, 0.1) is 0 Å². The van der Waals surface area contributed by atoms with Gasteiger partial charge >= 0.3 is 5.97 Å². The highest BCUT2D eigenvalue weighted by molar-refractivity contribution is 7.99. The van der Waals surface area contributed by atoms with Crippen LogP contribution in [0.5, 0.6) is 0 Å². The van der Waals surface area contributed by atoms with Crippen LogP contribution in [0, 0.1) is 5.92 Å². The lowest BCUT2D eigenvalue weighted by atomic mass is 10.1. The minimum Gasteiger partial charge on any atom is -0.480 e. The number of aliphatic carboxylic acids is 1.